The summed E-state index contributed by atoms with van der Waals surface area (Å²) in [5, 5.41) is 21.4. The minimum Gasteiger partial charge on any atom is -0.411 e. The Morgan fingerprint density at radius 1 is 1.38 bits per heavy atom. The molecule has 0 atom stereocenters. The highest BCUT2D eigenvalue weighted by Crippen LogP contribution is 2.36. The lowest BCUT2D eigenvalue weighted by molar-refractivity contribution is -0.393. The Balaban J connectivity index is 1.68. The summed E-state index contributed by atoms with van der Waals surface area (Å²) in [6, 6.07) is 7.66. The van der Waals surface area contributed by atoms with Crippen LogP contribution in [0.2, 0.25) is 0 Å². The molecule has 0 saturated heterocycles. The van der Waals surface area contributed by atoms with E-state index in [1.807, 2.05) is 31.2 Å². The molecule has 0 radical (unpaired) electrons. The van der Waals surface area contributed by atoms with Crippen LogP contribution < -0.4 is 0 Å². The smallest absolute Gasteiger partial charge is 0.363 e. The largest absolute Gasteiger partial charge is 0.411 e. The Bertz CT molecular complexity index is 1050. The second-order valence-corrected chi connectivity index (χ2v) is 6.71. The average molecular weight is 359 g/mol. The van der Waals surface area contributed by atoms with Gasteiger partial charge < -0.3 is 14.5 Å². The van der Waals surface area contributed by atoms with Gasteiger partial charge in [-0.3, -0.25) is 0 Å². The Labute approximate surface area is 143 Å². The molecule has 0 unspecified atom stereocenters. The topological polar surface area (TPSA) is 99.4 Å². The molecule has 8 nitrogen and oxygen atoms in total. The van der Waals surface area contributed by atoms with Crippen LogP contribution in [0, 0.1) is 17.0 Å². The van der Waals surface area contributed by atoms with E-state index in [0.717, 1.165) is 22.9 Å². The van der Waals surface area contributed by atoms with E-state index in [0.29, 0.717) is 10.9 Å². The van der Waals surface area contributed by atoms with Gasteiger partial charge in [0.15, 0.2) is 0 Å². The second kappa shape index (κ2) is 5.73. The fourth-order valence-corrected chi connectivity index (χ4v) is 3.75. The van der Waals surface area contributed by atoms with Crippen LogP contribution in [0.5, 0.6) is 0 Å². The van der Waals surface area contributed by atoms with Crippen molar-refractivity contribution in [2.75, 3.05) is 0 Å². The van der Waals surface area contributed by atoms with Crippen LogP contribution in [0.1, 0.15) is 5.56 Å². The summed E-state index contributed by atoms with van der Waals surface area (Å²) in [6.07, 6.45) is 1.61. The maximum Gasteiger partial charge on any atom is 0.363 e. The minimum absolute atomic E-state index is 0.105. The fraction of sp³-hybridized carbons (Fsp3) is 0.0714. The van der Waals surface area contributed by atoms with Crippen molar-refractivity contribution >= 4 is 33.9 Å². The number of aryl methyl sites for hydroxylation is 1. The molecule has 0 amide bonds. The molecule has 4 rings (SSSR count). The van der Waals surface area contributed by atoms with Crippen LogP contribution in [-0.4, -0.2) is 24.5 Å². The first kappa shape index (κ1) is 14.8. The molecule has 0 aliphatic heterocycles. The fourth-order valence-electron chi connectivity index (χ4n) is 2.22. The van der Waals surface area contributed by atoms with Gasteiger partial charge in [-0.15, -0.1) is 10.2 Å². The van der Waals surface area contributed by atoms with Gasteiger partial charge in [0.2, 0.25) is 10.9 Å². The predicted molar refractivity (Wildman–Crippen MR) is 88.3 cm³/mol. The zero-order chi connectivity index (χ0) is 16.7. The van der Waals surface area contributed by atoms with E-state index >= 15 is 0 Å². The van der Waals surface area contributed by atoms with Gasteiger partial charge in [-0.1, -0.05) is 29.0 Å². The zero-order valence-corrected chi connectivity index (χ0v) is 13.9. The molecule has 120 valence electrons. The summed E-state index contributed by atoms with van der Waals surface area (Å²) in [4.78, 5) is 15.7. The molecule has 0 bridgehead atoms. The lowest BCUT2D eigenvalue weighted by atomic mass is 10.1. The first-order chi connectivity index (χ1) is 11.6. The van der Waals surface area contributed by atoms with Gasteiger partial charge in [-0.2, -0.15) is 9.38 Å². The van der Waals surface area contributed by atoms with E-state index in [2.05, 4.69) is 15.2 Å². The summed E-state index contributed by atoms with van der Waals surface area (Å²) in [5.74, 6) is 0.261. The van der Waals surface area contributed by atoms with Crippen LogP contribution in [-0.2, 0) is 0 Å². The average Bonchev–Trinajstić information content (AvgIpc) is 3.22. The van der Waals surface area contributed by atoms with E-state index in [9.17, 15) is 10.1 Å². The molecule has 10 heteroatoms. The highest BCUT2D eigenvalue weighted by Gasteiger charge is 2.26. The van der Waals surface area contributed by atoms with Crippen LogP contribution in [0.3, 0.4) is 0 Å². The van der Waals surface area contributed by atoms with Gasteiger partial charge in [0.05, 0.1) is 0 Å². The molecule has 0 aliphatic rings. The van der Waals surface area contributed by atoms with Crippen molar-refractivity contribution in [1.29, 1.82) is 0 Å². The van der Waals surface area contributed by atoms with Crippen molar-refractivity contribution < 1.29 is 9.34 Å². The first-order valence-corrected chi connectivity index (χ1v) is 8.50. The van der Waals surface area contributed by atoms with Gasteiger partial charge in [-0.25, -0.2) is 0 Å². The van der Waals surface area contributed by atoms with Crippen LogP contribution in [0.25, 0.3) is 16.4 Å². The van der Waals surface area contributed by atoms with Gasteiger partial charge in [-0.05, 0) is 24.0 Å². The van der Waals surface area contributed by atoms with Gasteiger partial charge >= 0.3 is 5.82 Å². The van der Waals surface area contributed by atoms with Crippen molar-refractivity contribution in [3.8, 4) is 11.5 Å². The van der Waals surface area contributed by atoms with Crippen LogP contribution in [0.4, 0.5) is 5.82 Å². The number of rotatable bonds is 4. The number of thiazole rings is 1. The second-order valence-electron chi connectivity index (χ2n) is 4.90. The summed E-state index contributed by atoms with van der Waals surface area (Å²) >= 11 is 2.31. The molecule has 0 spiro atoms. The summed E-state index contributed by atoms with van der Waals surface area (Å²) in [5.41, 5.74) is 1.87. The third-order valence-corrected chi connectivity index (χ3v) is 4.80. The van der Waals surface area contributed by atoms with Crippen molar-refractivity contribution in [2.24, 2.45) is 0 Å². The van der Waals surface area contributed by atoms with E-state index in [4.69, 9.17) is 4.42 Å². The number of hydrogen-bond acceptors (Lipinski definition) is 8. The number of benzene rings is 1. The highest BCUT2D eigenvalue weighted by atomic mass is 32.2. The molecule has 0 fully saturated rings. The van der Waals surface area contributed by atoms with Gasteiger partial charge in [0.25, 0.3) is 10.2 Å². The SMILES string of the molecule is Cc1cccc(-c2nnc(Sc3nc4sccn4c3[N+](=O)[O-])o2)c1. The van der Waals surface area contributed by atoms with E-state index in [-0.39, 0.29) is 16.1 Å². The van der Waals surface area contributed by atoms with Crippen LogP contribution in [0.15, 0.2) is 50.5 Å². The van der Waals surface area contributed by atoms with E-state index in [1.165, 1.54) is 15.7 Å². The summed E-state index contributed by atoms with van der Waals surface area (Å²) in [6.45, 7) is 1.97. The molecule has 1 aromatic carbocycles. The number of nitro groups is 1. The monoisotopic (exact) mass is 359 g/mol. The van der Waals surface area contributed by atoms with Crippen molar-refractivity contribution in [2.45, 2.75) is 17.2 Å². The molecule has 3 aromatic heterocycles. The lowest BCUT2D eigenvalue weighted by Gasteiger charge is -1.96. The molecule has 0 aliphatic carbocycles. The van der Waals surface area contributed by atoms with Crippen molar-refractivity contribution in [1.82, 2.24) is 19.6 Å². The molecule has 3 heterocycles. The predicted octanol–water partition coefficient (Wildman–Crippen LogP) is 3.81. The van der Waals surface area contributed by atoms with E-state index < -0.39 is 4.92 Å². The third kappa shape index (κ3) is 2.55. The molecule has 24 heavy (non-hydrogen) atoms. The van der Waals surface area contributed by atoms with Gasteiger partial charge in [0, 0.05) is 22.7 Å². The highest BCUT2D eigenvalue weighted by molar-refractivity contribution is 7.99. The molecule has 0 saturated carbocycles. The number of hydrogen-bond donors (Lipinski definition) is 0. The maximum atomic E-state index is 11.3. The van der Waals surface area contributed by atoms with E-state index in [1.54, 1.807) is 11.6 Å². The molecule has 4 aromatic rings. The Kier molecular flexibility index (Phi) is 3.54. The molecular weight excluding hydrogens is 350 g/mol. The minimum atomic E-state index is -0.465. The van der Waals surface area contributed by atoms with Crippen LogP contribution >= 0.6 is 23.1 Å². The number of nitrogens with zero attached hydrogens (tertiary/aromatic N) is 5. The molecular formula is C14H9N5O3S2. The molecule has 0 N–H and O–H groups in total. The van der Waals surface area contributed by atoms with Gasteiger partial charge in [0.1, 0.15) is 6.20 Å². The first-order valence-electron chi connectivity index (χ1n) is 6.80. The number of fused-ring (bicyclic) bond motifs is 1. The summed E-state index contributed by atoms with van der Waals surface area (Å²) < 4.78 is 7.04. The Hall–Kier alpha value is -2.72. The maximum absolute atomic E-state index is 11.3. The zero-order valence-electron chi connectivity index (χ0n) is 12.2. The summed E-state index contributed by atoms with van der Waals surface area (Å²) in [7, 11) is 0. The van der Waals surface area contributed by atoms with Crippen molar-refractivity contribution in [3.63, 3.8) is 0 Å². The lowest BCUT2D eigenvalue weighted by Crippen LogP contribution is -1.93. The van der Waals surface area contributed by atoms with Crippen molar-refractivity contribution in [3.05, 3.63) is 51.5 Å². The number of aromatic nitrogens is 4. The Morgan fingerprint density at radius 2 is 2.25 bits per heavy atom. The quantitative estimate of drug-likeness (QED) is 0.403. The number of imidazole rings is 1. The normalized spacial score (nSPS) is 11.2. The Morgan fingerprint density at radius 3 is 3.04 bits per heavy atom. The third-order valence-electron chi connectivity index (χ3n) is 3.23. The standard InChI is InChI=1S/C14H9N5O3S2/c1-8-3-2-4-9(7-8)10-16-17-14(22-10)24-11-12(19(20)21)18-5-6-23-13(18)15-11/h2-7H,1H3.